The van der Waals surface area contributed by atoms with Crippen molar-refractivity contribution in [3.8, 4) is 0 Å². The molecule has 0 aliphatic heterocycles. The Bertz CT molecular complexity index is 686. The van der Waals surface area contributed by atoms with Gasteiger partial charge in [-0.3, -0.25) is 4.79 Å². The molecule has 2 aromatic carbocycles. The number of hydrogen-bond acceptors (Lipinski definition) is 1. The Morgan fingerprint density at radius 3 is 2.52 bits per heavy atom. The van der Waals surface area contributed by atoms with Gasteiger partial charge in [0.05, 0.1) is 5.56 Å². The number of rotatable bonds is 5. The lowest BCUT2D eigenvalue weighted by Crippen LogP contribution is -2.23. The quantitative estimate of drug-likeness (QED) is 0.845. The molecule has 0 aliphatic rings. The van der Waals surface area contributed by atoms with Gasteiger partial charge in [0.2, 0.25) is 5.91 Å². The van der Waals surface area contributed by atoms with Crippen LogP contribution in [0.25, 0.3) is 0 Å². The molecule has 0 aliphatic carbocycles. The van der Waals surface area contributed by atoms with E-state index >= 15 is 0 Å². The largest absolute Gasteiger partial charge is 0.416 e. The van der Waals surface area contributed by atoms with E-state index in [2.05, 4.69) is 5.32 Å². The third-order valence-electron chi connectivity index (χ3n) is 3.32. The zero-order valence-electron chi connectivity index (χ0n) is 12.2. The molecule has 0 spiro atoms. The van der Waals surface area contributed by atoms with E-state index in [0.29, 0.717) is 17.0 Å². The summed E-state index contributed by atoms with van der Waals surface area (Å²) < 4.78 is 37.8. The van der Waals surface area contributed by atoms with E-state index in [1.165, 1.54) is 6.07 Å². The fourth-order valence-electron chi connectivity index (χ4n) is 2.10. The highest BCUT2D eigenvalue weighted by Crippen LogP contribution is 2.29. The van der Waals surface area contributed by atoms with Crippen LogP contribution < -0.4 is 5.32 Å². The number of carbonyl (C=O) groups excluding carboxylic acids is 1. The van der Waals surface area contributed by atoms with Crippen LogP contribution in [-0.2, 0) is 23.9 Å². The van der Waals surface area contributed by atoms with E-state index in [4.69, 9.17) is 11.6 Å². The van der Waals surface area contributed by atoms with Crippen LogP contribution in [0.3, 0.4) is 0 Å². The molecule has 1 amide bonds. The lowest BCUT2D eigenvalue weighted by Gasteiger charge is -2.10. The smallest absolute Gasteiger partial charge is 0.352 e. The number of amides is 1. The summed E-state index contributed by atoms with van der Waals surface area (Å²) in [5, 5.41) is 3.21. The molecule has 0 unspecified atom stereocenters. The summed E-state index contributed by atoms with van der Waals surface area (Å²) in [6.45, 7) is 0.0608. The third kappa shape index (κ3) is 5.28. The van der Waals surface area contributed by atoms with Crippen LogP contribution in [0.15, 0.2) is 48.5 Å². The summed E-state index contributed by atoms with van der Waals surface area (Å²) in [4.78, 5) is 11.8. The Balaban J connectivity index is 1.86. The lowest BCUT2D eigenvalue weighted by molar-refractivity contribution is -0.137. The van der Waals surface area contributed by atoms with Crippen molar-refractivity contribution in [2.45, 2.75) is 25.6 Å². The normalized spacial score (nSPS) is 11.3. The minimum atomic E-state index is -4.38. The molecule has 1 N–H and O–H groups in total. The maximum atomic E-state index is 12.6. The van der Waals surface area contributed by atoms with Crippen molar-refractivity contribution in [1.29, 1.82) is 0 Å². The SMILES string of the molecule is O=C(CCc1ccccc1Cl)NCc1cccc(C(F)(F)F)c1. The average molecular weight is 342 g/mol. The number of nitrogens with one attached hydrogen (secondary N) is 1. The van der Waals surface area contributed by atoms with Gasteiger partial charge in [-0.15, -0.1) is 0 Å². The first-order valence-corrected chi connectivity index (χ1v) is 7.40. The number of carbonyl (C=O) groups is 1. The van der Waals surface area contributed by atoms with E-state index in [1.54, 1.807) is 18.2 Å². The predicted molar refractivity (Wildman–Crippen MR) is 83.1 cm³/mol. The summed E-state index contributed by atoms with van der Waals surface area (Å²) in [7, 11) is 0. The van der Waals surface area contributed by atoms with Gasteiger partial charge in [0.25, 0.3) is 0 Å². The summed E-state index contributed by atoms with van der Waals surface area (Å²) in [5.74, 6) is -0.234. The van der Waals surface area contributed by atoms with Gasteiger partial charge in [-0.2, -0.15) is 13.2 Å². The van der Waals surface area contributed by atoms with Crippen LogP contribution >= 0.6 is 11.6 Å². The Labute approximate surface area is 137 Å². The van der Waals surface area contributed by atoms with E-state index in [-0.39, 0.29) is 18.9 Å². The molecule has 2 rings (SSSR count). The maximum absolute atomic E-state index is 12.6. The van der Waals surface area contributed by atoms with Gasteiger partial charge in [-0.1, -0.05) is 41.9 Å². The van der Waals surface area contributed by atoms with Crippen molar-refractivity contribution in [3.63, 3.8) is 0 Å². The summed E-state index contributed by atoms with van der Waals surface area (Å²) >= 11 is 6.00. The summed E-state index contributed by atoms with van der Waals surface area (Å²) in [6.07, 6.45) is -3.68. The second kappa shape index (κ2) is 7.51. The van der Waals surface area contributed by atoms with Gasteiger partial charge in [0.15, 0.2) is 0 Å². The molecule has 0 aromatic heterocycles. The number of aryl methyl sites for hydroxylation is 1. The van der Waals surface area contributed by atoms with E-state index in [1.807, 2.05) is 12.1 Å². The molecule has 0 saturated heterocycles. The fourth-order valence-corrected chi connectivity index (χ4v) is 2.33. The maximum Gasteiger partial charge on any atom is 0.416 e. The molecule has 0 fully saturated rings. The molecule has 122 valence electrons. The van der Waals surface area contributed by atoms with E-state index in [0.717, 1.165) is 17.7 Å². The van der Waals surface area contributed by atoms with Crippen LogP contribution in [0.4, 0.5) is 13.2 Å². The Morgan fingerprint density at radius 1 is 1.09 bits per heavy atom. The highest BCUT2D eigenvalue weighted by Gasteiger charge is 2.30. The molecular weight excluding hydrogens is 327 g/mol. The molecule has 0 saturated carbocycles. The van der Waals surface area contributed by atoms with Crippen molar-refractivity contribution in [2.75, 3.05) is 0 Å². The third-order valence-corrected chi connectivity index (χ3v) is 3.69. The molecule has 2 nitrogen and oxygen atoms in total. The van der Waals surface area contributed by atoms with Gasteiger partial charge in [0.1, 0.15) is 0 Å². The number of hydrogen-bond donors (Lipinski definition) is 1. The molecular formula is C17H15ClF3NO. The second-order valence-corrected chi connectivity index (χ2v) is 5.47. The molecule has 0 radical (unpaired) electrons. The first-order chi connectivity index (χ1) is 10.9. The highest BCUT2D eigenvalue weighted by molar-refractivity contribution is 6.31. The molecule has 6 heteroatoms. The van der Waals surface area contributed by atoms with Gasteiger partial charge in [0, 0.05) is 18.0 Å². The van der Waals surface area contributed by atoms with E-state index in [9.17, 15) is 18.0 Å². The van der Waals surface area contributed by atoms with Gasteiger partial charge >= 0.3 is 6.18 Å². The second-order valence-electron chi connectivity index (χ2n) is 5.07. The van der Waals surface area contributed by atoms with Crippen LogP contribution in [0, 0.1) is 0 Å². The zero-order valence-corrected chi connectivity index (χ0v) is 12.9. The van der Waals surface area contributed by atoms with Gasteiger partial charge in [-0.05, 0) is 35.7 Å². The number of alkyl halides is 3. The Morgan fingerprint density at radius 2 is 1.83 bits per heavy atom. The Kier molecular flexibility index (Phi) is 5.66. The topological polar surface area (TPSA) is 29.1 Å². The predicted octanol–water partition coefficient (Wildman–Crippen LogP) is 4.61. The standard InChI is InChI=1S/C17H15ClF3NO/c18-15-7-2-1-5-13(15)8-9-16(23)22-11-12-4-3-6-14(10-12)17(19,20)21/h1-7,10H,8-9,11H2,(H,22,23). The van der Waals surface area contributed by atoms with Crippen molar-refractivity contribution in [3.05, 3.63) is 70.2 Å². The lowest BCUT2D eigenvalue weighted by atomic mass is 10.1. The Hall–Kier alpha value is -2.01. The van der Waals surface area contributed by atoms with Crippen LogP contribution in [0.2, 0.25) is 5.02 Å². The van der Waals surface area contributed by atoms with Crippen molar-refractivity contribution in [1.82, 2.24) is 5.32 Å². The monoisotopic (exact) mass is 341 g/mol. The summed E-state index contributed by atoms with van der Waals surface area (Å²) in [5.41, 5.74) is 0.551. The first kappa shape index (κ1) is 17.3. The highest BCUT2D eigenvalue weighted by atomic mass is 35.5. The van der Waals surface area contributed by atoms with Crippen LogP contribution in [0.5, 0.6) is 0 Å². The molecule has 0 bridgehead atoms. The average Bonchev–Trinajstić information content (AvgIpc) is 2.51. The van der Waals surface area contributed by atoms with Crippen LogP contribution in [0.1, 0.15) is 23.1 Å². The van der Waals surface area contributed by atoms with Gasteiger partial charge < -0.3 is 5.32 Å². The van der Waals surface area contributed by atoms with Crippen molar-refractivity contribution >= 4 is 17.5 Å². The molecule has 0 atom stereocenters. The molecule has 0 heterocycles. The van der Waals surface area contributed by atoms with Crippen molar-refractivity contribution in [2.24, 2.45) is 0 Å². The number of benzene rings is 2. The fraction of sp³-hybridized carbons (Fsp3) is 0.235. The zero-order chi connectivity index (χ0) is 16.9. The van der Waals surface area contributed by atoms with E-state index < -0.39 is 11.7 Å². The minimum Gasteiger partial charge on any atom is -0.352 e. The number of halogens is 4. The molecule has 23 heavy (non-hydrogen) atoms. The first-order valence-electron chi connectivity index (χ1n) is 7.02. The van der Waals surface area contributed by atoms with Crippen molar-refractivity contribution < 1.29 is 18.0 Å². The van der Waals surface area contributed by atoms with Crippen LogP contribution in [-0.4, -0.2) is 5.91 Å². The minimum absolute atomic E-state index is 0.0608. The van der Waals surface area contributed by atoms with Gasteiger partial charge in [-0.25, -0.2) is 0 Å². The molecule has 2 aromatic rings. The summed E-state index contributed by atoms with van der Waals surface area (Å²) in [6, 6.07) is 12.1.